The predicted octanol–water partition coefficient (Wildman–Crippen LogP) is 1.45. The maximum atomic E-state index is 4.82. The zero-order chi connectivity index (χ0) is 16.0. The fourth-order valence-electron chi connectivity index (χ4n) is 2.77. The smallest absolute Gasteiger partial charge is 0.227 e. The summed E-state index contributed by atoms with van der Waals surface area (Å²) in [6.45, 7) is 4.05. The summed E-state index contributed by atoms with van der Waals surface area (Å²) < 4.78 is 1.08. The number of aromatic nitrogens is 4. The minimum Gasteiger partial charge on any atom is -0.353 e. The molecule has 4 heterocycles. The molecule has 0 saturated carbocycles. The third-order valence-corrected chi connectivity index (χ3v) is 5.20. The van der Waals surface area contributed by atoms with Crippen molar-refractivity contribution < 1.29 is 0 Å². The molecule has 0 aliphatic carbocycles. The van der Waals surface area contributed by atoms with Gasteiger partial charge in [-0.05, 0) is 7.05 Å². The SMILES string of the molecule is CN1CCN(c2nc(N(C)C)nc3c2sc2nccnc23)CC1. The van der Waals surface area contributed by atoms with E-state index in [1.165, 1.54) is 0 Å². The summed E-state index contributed by atoms with van der Waals surface area (Å²) in [4.78, 5) is 26.0. The molecule has 23 heavy (non-hydrogen) atoms. The van der Waals surface area contributed by atoms with E-state index in [9.17, 15) is 0 Å². The van der Waals surface area contributed by atoms with Crippen LogP contribution in [-0.2, 0) is 0 Å². The highest BCUT2D eigenvalue weighted by Gasteiger charge is 2.22. The number of hydrogen-bond acceptors (Lipinski definition) is 8. The topological polar surface area (TPSA) is 61.3 Å². The summed E-state index contributed by atoms with van der Waals surface area (Å²) in [5.41, 5.74) is 1.78. The first-order valence-corrected chi connectivity index (χ1v) is 8.47. The van der Waals surface area contributed by atoms with Crippen LogP contribution in [0, 0.1) is 0 Å². The van der Waals surface area contributed by atoms with Gasteiger partial charge in [-0.15, -0.1) is 11.3 Å². The molecule has 3 aromatic heterocycles. The molecule has 0 N–H and O–H groups in total. The largest absolute Gasteiger partial charge is 0.353 e. The van der Waals surface area contributed by atoms with E-state index in [0.717, 1.165) is 58.5 Å². The van der Waals surface area contributed by atoms with Crippen molar-refractivity contribution in [2.75, 3.05) is 57.1 Å². The van der Waals surface area contributed by atoms with E-state index in [2.05, 4.69) is 26.8 Å². The van der Waals surface area contributed by atoms with Crippen LogP contribution < -0.4 is 9.80 Å². The number of thiophene rings is 1. The highest BCUT2D eigenvalue weighted by atomic mass is 32.1. The monoisotopic (exact) mass is 329 g/mol. The van der Waals surface area contributed by atoms with Crippen molar-refractivity contribution in [3.63, 3.8) is 0 Å². The zero-order valence-corrected chi connectivity index (χ0v) is 14.3. The molecule has 8 heteroatoms. The second-order valence-electron chi connectivity index (χ2n) is 6.02. The van der Waals surface area contributed by atoms with Gasteiger partial charge >= 0.3 is 0 Å². The highest BCUT2D eigenvalue weighted by molar-refractivity contribution is 7.25. The van der Waals surface area contributed by atoms with Crippen LogP contribution in [0.25, 0.3) is 20.6 Å². The molecule has 1 fully saturated rings. The molecule has 1 aliphatic heterocycles. The first-order chi connectivity index (χ1) is 11.1. The van der Waals surface area contributed by atoms with Crippen molar-refractivity contribution >= 4 is 43.7 Å². The number of fused-ring (bicyclic) bond motifs is 3. The number of likely N-dealkylation sites (N-methyl/N-ethyl adjacent to an activating group) is 1. The summed E-state index contributed by atoms with van der Waals surface area (Å²) in [6, 6.07) is 0. The minimum atomic E-state index is 0.719. The molecule has 1 aliphatic rings. The van der Waals surface area contributed by atoms with Gasteiger partial charge in [0.25, 0.3) is 0 Å². The molecule has 3 aromatic rings. The Morgan fingerprint density at radius 3 is 2.48 bits per heavy atom. The predicted molar refractivity (Wildman–Crippen MR) is 94.5 cm³/mol. The number of rotatable bonds is 2. The average Bonchev–Trinajstić information content (AvgIpc) is 2.93. The van der Waals surface area contributed by atoms with Crippen LogP contribution in [0.3, 0.4) is 0 Å². The average molecular weight is 329 g/mol. The normalized spacial score (nSPS) is 16.4. The zero-order valence-electron chi connectivity index (χ0n) is 13.5. The number of hydrogen-bond donors (Lipinski definition) is 0. The fraction of sp³-hybridized carbons (Fsp3) is 0.467. The van der Waals surface area contributed by atoms with Gasteiger partial charge in [-0.25, -0.2) is 15.0 Å². The lowest BCUT2D eigenvalue weighted by Gasteiger charge is -2.33. The van der Waals surface area contributed by atoms with Gasteiger partial charge in [0, 0.05) is 52.7 Å². The van der Waals surface area contributed by atoms with Crippen LogP contribution >= 0.6 is 11.3 Å². The van der Waals surface area contributed by atoms with Crippen LogP contribution in [0.5, 0.6) is 0 Å². The van der Waals surface area contributed by atoms with E-state index < -0.39 is 0 Å². The maximum Gasteiger partial charge on any atom is 0.227 e. The van der Waals surface area contributed by atoms with Gasteiger partial charge < -0.3 is 14.7 Å². The quantitative estimate of drug-likeness (QED) is 0.705. The summed E-state index contributed by atoms with van der Waals surface area (Å²) in [5, 5.41) is 0. The Morgan fingerprint density at radius 1 is 1.00 bits per heavy atom. The number of piperazine rings is 1. The number of anilines is 2. The number of nitrogens with zero attached hydrogens (tertiary/aromatic N) is 7. The molecular weight excluding hydrogens is 310 g/mol. The van der Waals surface area contributed by atoms with Gasteiger partial charge in [0.05, 0.1) is 0 Å². The summed E-state index contributed by atoms with van der Waals surface area (Å²) in [6.07, 6.45) is 3.45. The molecule has 0 spiro atoms. The molecule has 0 amide bonds. The highest BCUT2D eigenvalue weighted by Crippen LogP contribution is 2.36. The van der Waals surface area contributed by atoms with Crippen molar-refractivity contribution in [1.29, 1.82) is 0 Å². The lowest BCUT2D eigenvalue weighted by Crippen LogP contribution is -2.45. The van der Waals surface area contributed by atoms with E-state index in [4.69, 9.17) is 9.97 Å². The van der Waals surface area contributed by atoms with Crippen molar-refractivity contribution in [2.45, 2.75) is 0 Å². The van der Waals surface area contributed by atoms with Gasteiger partial charge in [-0.2, -0.15) is 4.98 Å². The Hall–Kier alpha value is -2.06. The molecule has 0 bridgehead atoms. The molecule has 4 rings (SSSR count). The Balaban J connectivity index is 1.93. The van der Waals surface area contributed by atoms with Crippen LogP contribution in [-0.4, -0.2) is 72.2 Å². The van der Waals surface area contributed by atoms with Crippen molar-refractivity contribution in [2.24, 2.45) is 0 Å². The van der Waals surface area contributed by atoms with Gasteiger partial charge in [0.2, 0.25) is 5.95 Å². The van der Waals surface area contributed by atoms with Crippen molar-refractivity contribution in [3.05, 3.63) is 12.4 Å². The summed E-state index contributed by atoms with van der Waals surface area (Å²) in [7, 11) is 6.09. The molecular formula is C15H19N7S. The fourth-order valence-corrected chi connectivity index (χ4v) is 3.83. The lowest BCUT2D eigenvalue weighted by atomic mass is 10.3. The lowest BCUT2D eigenvalue weighted by molar-refractivity contribution is 0.312. The second-order valence-corrected chi connectivity index (χ2v) is 7.02. The van der Waals surface area contributed by atoms with Crippen molar-refractivity contribution in [1.82, 2.24) is 24.8 Å². The van der Waals surface area contributed by atoms with E-state index in [1.54, 1.807) is 23.7 Å². The first-order valence-electron chi connectivity index (χ1n) is 7.65. The summed E-state index contributed by atoms with van der Waals surface area (Å²) >= 11 is 1.63. The second kappa shape index (κ2) is 5.54. The van der Waals surface area contributed by atoms with Crippen LogP contribution in [0.4, 0.5) is 11.8 Å². The van der Waals surface area contributed by atoms with Crippen LogP contribution in [0.1, 0.15) is 0 Å². The van der Waals surface area contributed by atoms with E-state index in [1.807, 2.05) is 19.0 Å². The Morgan fingerprint density at radius 2 is 1.74 bits per heavy atom. The Bertz CT molecular complexity index is 852. The molecule has 7 nitrogen and oxygen atoms in total. The standard InChI is InChI=1S/C15H19N7S/c1-20(2)15-18-10-11-14(17-5-4-16-11)23-12(10)13(19-15)22-8-6-21(3)7-9-22/h4-5H,6-9H2,1-3H3. The van der Waals surface area contributed by atoms with Gasteiger partial charge in [0.1, 0.15) is 20.6 Å². The molecule has 1 saturated heterocycles. The third kappa shape index (κ3) is 2.47. The molecule has 0 aromatic carbocycles. The molecule has 120 valence electrons. The Kier molecular flexibility index (Phi) is 3.50. The van der Waals surface area contributed by atoms with Crippen LogP contribution in [0.2, 0.25) is 0 Å². The summed E-state index contributed by atoms with van der Waals surface area (Å²) in [5.74, 6) is 1.73. The van der Waals surface area contributed by atoms with E-state index >= 15 is 0 Å². The van der Waals surface area contributed by atoms with Crippen molar-refractivity contribution in [3.8, 4) is 0 Å². The molecule has 0 radical (unpaired) electrons. The van der Waals surface area contributed by atoms with Gasteiger partial charge in [-0.1, -0.05) is 0 Å². The van der Waals surface area contributed by atoms with Gasteiger partial charge in [0.15, 0.2) is 5.82 Å². The minimum absolute atomic E-state index is 0.719. The first kappa shape index (κ1) is 14.5. The maximum absolute atomic E-state index is 4.82. The van der Waals surface area contributed by atoms with E-state index in [-0.39, 0.29) is 0 Å². The van der Waals surface area contributed by atoms with Gasteiger partial charge in [-0.3, -0.25) is 0 Å². The Labute approximate surface area is 138 Å². The molecule has 0 unspecified atom stereocenters. The van der Waals surface area contributed by atoms with E-state index in [0.29, 0.717) is 0 Å². The third-order valence-electron chi connectivity index (χ3n) is 4.13. The molecule has 0 atom stereocenters. The van der Waals surface area contributed by atoms with Crippen LogP contribution in [0.15, 0.2) is 12.4 Å².